The first-order chi connectivity index (χ1) is 22.0. The van der Waals surface area contributed by atoms with Crippen molar-refractivity contribution in [3.63, 3.8) is 0 Å². The van der Waals surface area contributed by atoms with Crippen LogP contribution in [0.5, 0.6) is 0 Å². The van der Waals surface area contributed by atoms with E-state index in [1.165, 1.54) is 75.5 Å². The summed E-state index contributed by atoms with van der Waals surface area (Å²) < 4.78 is 0. The third kappa shape index (κ3) is 7.31. The first kappa shape index (κ1) is 31.6. The fraction of sp³-hybridized carbons (Fsp3) is 0.606. The van der Waals surface area contributed by atoms with Gasteiger partial charge in [0.15, 0.2) is 5.13 Å². The predicted octanol–water partition coefficient (Wildman–Crippen LogP) is 7.74. The second-order valence-electron chi connectivity index (χ2n) is 12.9. The average molecular weight is 689 g/mol. The molecular formula is C33H43Cl2N7OS2. The number of anilines is 3. The molecule has 4 aliphatic rings. The number of piperazine rings is 2. The fourth-order valence-electron chi connectivity index (χ4n) is 7.62. The number of pyridine rings is 1. The van der Waals surface area contributed by atoms with E-state index in [9.17, 15) is 4.79 Å². The van der Waals surface area contributed by atoms with E-state index in [0.717, 1.165) is 85.8 Å². The molecule has 2 aliphatic heterocycles. The van der Waals surface area contributed by atoms with E-state index in [2.05, 4.69) is 29.9 Å². The third-order valence-electron chi connectivity index (χ3n) is 10.1. The Morgan fingerprint density at radius 2 is 1.40 bits per heavy atom. The largest absolute Gasteiger partial charge is 0.359 e. The van der Waals surface area contributed by atoms with Gasteiger partial charge < -0.3 is 9.80 Å². The highest BCUT2D eigenvalue weighted by Gasteiger charge is 2.30. The molecule has 0 atom stereocenters. The van der Waals surface area contributed by atoms with Crippen molar-refractivity contribution in [3.8, 4) is 10.6 Å². The van der Waals surface area contributed by atoms with Crippen molar-refractivity contribution in [2.24, 2.45) is 0 Å². The highest BCUT2D eigenvalue weighted by atomic mass is 35.5. The number of thiophene rings is 1. The first-order valence-electron chi connectivity index (χ1n) is 16.7. The lowest BCUT2D eigenvalue weighted by Crippen LogP contribution is -2.51. The zero-order valence-corrected chi connectivity index (χ0v) is 29.0. The Bertz CT molecular complexity index is 1450. The van der Waals surface area contributed by atoms with Crippen LogP contribution in [0.2, 0.25) is 10.0 Å². The molecule has 12 heteroatoms. The van der Waals surface area contributed by atoms with Crippen molar-refractivity contribution in [2.75, 3.05) is 67.5 Å². The summed E-state index contributed by atoms with van der Waals surface area (Å²) in [6.07, 6.45) is 15.1. The van der Waals surface area contributed by atoms with Gasteiger partial charge in [-0.15, -0.1) is 11.3 Å². The SMILES string of the molecule is O=C(Nc1nc(-c2cc(Cl)cs2)c(N2CCN(C3CCCCC3)CC2)s1)c1cnc(N2CCN(C3CCCCC3)CC2)c(Cl)c1. The minimum Gasteiger partial charge on any atom is -0.359 e. The molecule has 7 rings (SSSR count). The molecule has 1 N–H and O–H groups in total. The van der Waals surface area contributed by atoms with E-state index < -0.39 is 0 Å². The molecule has 5 heterocycles. The summed E-state index contributed by atoms with van der Waals surface area (Å²) in [7, 11) is 0. The summed E-state index contributed by atoms with van der Waals surface area (Å²) in [5.41, 5.74) is 1.32. The van der Waals surface area contributed by atoms with E-state index in [0.29, 0.717) is 20.7 Å². The average Bonchev–Trinajstić information content (AvgIpc) is 3.71. The number of amides is 1. The molecule has 2 saturated carbocycles. The number of hydrogen-bond acceptors (Lipinski definition) is 9. The summed E-state index contributed by atoms with van der Waals surface area (Å²) >= 11 is 16.2. The second-order valence-corrected chi connectivity index (χ2v) is 15.6. The van der Waals surface area contributed by atoms with Crippen LogP contribution in [-0.2, 0) is 0 Å². The van der Waals surface area contributed by atoms with Crippen LogP contribution in [0.15, 0.2) is 23.7 Å². The number of nitrogens with zero attached hydrogens (tertiary/aromatic N) is 6. The molecule has 0 radical (unpaired) electrons. The van der Waals surface area contributed by atoms with Crippen molar-refractivity contribution in [3.05, 3.63) is 39.3 Å². The predicted molar refractivity (Wildman–Crippen MR) is 189 cm³/mol. The molecule has 45 heavy (non-hydrogen) atoms. The molecule has 8 nitrogen and oxygen atoms in total. The quantitative estimate of drug-likeness (QED) is 0.273. The maximum atomic E-state index is 13.4. The minimum atomic E-state index is -0.253. The monoisotopic (exact) mass is 687 g/mol. The fourth-order valence-corrected chi connectivity index (χ4v) is 10.1. The maximum Gasteiger partial charge on any atom is 0.259 e. The number of carbonyl (C=O) groups excluding carboxylic acids is 1. The number of halogens is 2. The van der Waals surface area contributed by atoms with Crippen molar-refractivity contribution < 1.29 is 4.79 Å². The van der Waals surface area contributed by atoms with Gasteiger partial charge in [0.05, 0.1) is 20.5 Å². The number of nitrogens with one attached hydrogen (secondary N) is 1. The van der Waals surface area contributed by atoms with Gasteiger partial charge in [0.2, 0.25) is 0 Å². The molecule has 4 fully saturated rings. The van der Waals surface area contributed by atoms with Crippen LogP contribution >= 0.6 is 45.9 Å². The number of thiazole rings is 1. The van der Waals surface area contributed by atoms with Gasteiger partial charge in [-0.1, -0.05) is 73.1 Å². The van der Waals surface area contributed by atoms with E-state index in [1.54, 1.807) is 23.6 Å². The summed E-state index contributed by atoms with van der Waals surface area (Å²) in [6, 6.07) is 5.16. The van der Waals surface area contributed by atoms with E-state index in [4.69, 9.17) is 28.2 Å². The van der Waals surface area contributed by atoms with Crippen LogP contribution in [0.25, 0.3) is 10.6 Å². The Kier molecular flexibility index (Phi) is 10.2. The number of aromatic nitrogens is 2. The Hall–Kier alpha value is -1.95. The van der Waals surface area contributed by atoms with Gasteiger partial charge in [-0.2, -0.15) is 0 Å². The molecule has 0 spiro atoms. The molecule has 0 unspecified atom stereocenters. The second kappa shape index (κ2) is 14.4. The maximum absolute atomic E-state index is 13.4. The molecule has 3 aromatic rings. The van der Waals surface area contributed by atoms with E-state index in [-0.39, 0.29) is 5.91 Å². The summed E-state index contributed by atoms with van der Waals surface area (Å²) in [4.78, 5) is 34.0. The molecule has 1 amide bonds. The van der Waals surface area contributed by atoms with Gasteiger partial charge >= 0.3 is 0 Å². The van der Waals surface area contributed by atoms with Crippen LogP contribution in [0.1, 0.15) is 74.6 Å². The summed E-state index contributed by atoms with van der Waals surface area (Å²) in [5.74, 6) is 0.508. The first-order valence-corrected chi connectivity index (χ1v) is 19.2. The Labute approximate surface area is 284 Å². The molecule has 242 valence electrons. The standard InChI is InChI=1S/C33H43Cl2N7OS2/c34-24-20-28(44-22-24)29-32(42-17-13-40(14-18-42)26-9-5-2-6-10-26)45-33(37-29)38-31(43)23-19-27(35)30(36-21-23)41-15-11-39(12-16-41)25-7-3-1-4-8-25/h19-22,25-26H,1-18H2,(H,37,38,43). The zero-order chi connectivity index (χ0) is 30.8. The number of rotatable bonds is 7. The van der Waals surface area contributed by atoms with Crippen molar-refractivity contribution in [1.82, 2.24) is 19.8 Å². The highest BCUT2D eigenvalue weighted by molar-refractivity contribution is 7.21. The lowest BCUT2D eigenvalue weighted by molar-refractivity contribution is 0.102. The Balaban J connectivity index is 1.02. The van der Waals surface area contributed by atoms with Gasteiger partial charge in [-0.3, -0.25) is 19.9 Å². The summed E-state index contributed by atoms with van der Waals surface area (Å²) in [6.45, 7) is 7.89. The van der Waals surface area contributed by atoms with E-state index >= 15 is 0 Å². The number of carbonyl (C=O) groups is 1. The topological polar surface area (TPSA) is 67.8 Å². The summed E-state index contributed by atoms with van der Waals surface area (Å²) in [5, 5.41) is 7.86. The van der Waals surface area contributed by atoms with Crippen LogP contribution in [0.3, 0.4) is 0 Å². The van der Waals surface area contributed by atoms with Crippen molar-refractivity contribution in [1.29, 1.82) is 0 Å². The normalized spacial score (nSPS) is 21.4. The van der Waals surface area contributed by atoms with E-state index in [1.807, 2.05) is 11.4 Å². The van der Waals surface area contributed by atoms with Crippen molar-refractivity contribution in [2.45, 2.75) is 76.3 Å². The lowest BCUT2D eigenvalue weighted by atomic mass is 9.94. The lowest BCUT2D eigenvalue weighted by Gasteiger charge is -2.41. The van der Waals surface area contributed by atoms with Gasteiger partial charge in [-0.25, -0.2) is 9.97 Å². The smallest absolute Gasteiger partial charge is 0.259 e. The molecule has 2 aliphatic carbocycles. The van der Waals surface area contributed by atoms with Gasteiger partial charge in [-0.05, 0) is 37.8 Å². The zero-order valence-electron chi connectivity index (χ0n) is 25.9. The van der Waals surface area contributed by atoms with Crippen LogP contribution < -0.4 is 15.1 Å². The Morgan fingerprint density at radius 1 is 0.800 bits per heavy atom. The number of hydrogen-bond donors (Lipinski definition) is 1. The van der Waals surface area contributed by atoms with Crippen LogP contribution in [0.4, 0.5) is 16.0 Å². The highest BCUT2D eigenvalue weighted by Crippen LogP contribution is 2.42. The van der Waals surface area contributed by atoms with Crippen LogP contribution in [0, 0.1) is 0 Å². The minimum absolute atomic E-state index is 0.253. The van der Waals surface area contributed by atoms with Gasteiger partial charge in [0.25, 0.3) is 5.91 Å². The Morgan fingerprint density at radius 3 is 1.96 bits per heavy atom. The molecular weight excluding hydrogens is 645 g/mol. The molecule has 3 aromatic heterocycles. The molecule has 0 bridgehead atoms. The third-order valence-corrected chi connectivity index (χ3v) is 12.7. The molecule has 0 aromatic carbocycles. The van der Waals surface area contributed by atoms with Gasteiger partial charge in [0, 0.05) is 76.0 Å². The van der Waals surface area contributed by atoms with Gasteiger partial charge in [0.1, 0.15) is 16.5 Å². The van der Waals surface area contributed by atoms with Crippen LogP contribution in [-0.4, -0.2) is 90.1 Å². The van der Waals surface area contributed by atoms with Crippen molar-refractivity contribution >= 4 is 67.7 Å². The molecule has 2 saturated heterocycles.